The summed E-state index contributed by atoms with van der Waals surface area (Å²) in [5.74, 6) is -1.68. The van der Waals surface area contributed by atoms with Crippen LogP contribution in [0.1, 0.15) is 67.7 Å². The summed E-state index contributed by atoms with van der Waals surface area (Å²) in [4.78, 5) is 28.1. The second-order valence-corrected chi connectivity index (χ2v) is 5.04. The molecule has 0 saturated heterocycles. The summed E-state index contributed by atoms with van der Waals surface area (Å²) < 4.78 is 0. The van der Waals surface area contributed by atoms with Crippen LogP contribution in [0.5, 0.6) is 0 Å². The molecule has 25 heavy (non-hydrogen) atoms. The average Bonchev–Trinajstić information content (AvgIpc) is 2.75. The molecule has 0 aliphatic heterocycles. The molecule has 1 atom stereocenters. The van der Waals surface area contributed by atoms with E-state index < -0.39 is 17.9 Å². The van der Waals surface area contributed by atoms with Gasteiger partial charge in [0.05, 0.1) is 0 Å². The number of carboxylic acids is 3. The van der Waals surface area contributed by atoms with Crippen molar-refractivity contribution in [1.29, 1.82) is 0 Å². The van der Waals surface area contributed by atoms with Crippen LogP contribution in [0.2, 0.25) is 0 Å². The fraction of sp³-hybridized carbons (Fsp3) is 0.611. The Balaban J connectivity index is -0.000000122. The molecule has 0 radical (unpaired) electrons. The van der Waals surface area contributed by atoms with Crippen molar-refractivity contribution in [2.24, 2.45) is 5.92 Å². The van der Waals surface area contributed by atoms with E-state index >= 15 is 0 Å². The third-order valence-corrected chi connectivity index (χ3v) is 3.14. The third-order valence-electron chi connectivity index (χ3n) is 3.14. The Morgan fingerprint density at radius 1 is 0.840 bits per heavy atom. The summed E-state index contributed by atoms with van der Waals surface area (Å²) in [6.45, 7) is 13.5. The number of allylic oxidation sites excluding steroid dienone is 4. The van der Waals surface area contributed by atoms with Gasteiger partial charge in [0.25, 0.3) is 0 Å². The molecule has 0 fully saturated rings. The topological polar surface area (TPSA) is 112 Å². The first-order chi connectivity index (χ1) is 10.9. The summed E-state index contributed by atoms with van der Waals surface area (Å²) in [5.41, 5.74) is 4.25. The molecule has 1 aliphatic carbocycles. The first-order valence-electron chi connectivity index (χ1n) is 7.87. The van der Waals surface area contributed by atoms with Crippen molar-refractivity contribution in [2.75, 3.05) is 0 Å². The van der Waals surface area contributed by atoms with Gasteiger partial charge in [0.2, 0.25) is 0 Å². The number of aliphatic carboxylic acids is 3. The van der Waals surface area contributed by atoms with Crippen LogP contribution in [-0.4, -0.2) is 33.2 Å². The molecule has 0 heterocycles. The summed E-state index contributed by atoms with van der Waals surface area (Å²) in [7, 11) is 0. The number of hydrogen-bond donors (Lipinski definition) is 3. The van der Waals surface area contributed by atoms with Crippen molar-refractivity contribution in [2.45, 2.75) is 67.7 Å². The molecule has 1 unspecified atom stereocenters. The number of carboxylic acid groups (broad SMARTS) is 3. The maximum Gasteiger partial charge on any atom is 0.303 e. The zero-order valence-electron chi connectivity index (χ0n) is 16.3. The summed E-state index contributed by atoms with van der Waals surface area (Å²) in [6.07, 6.45) is 4.03. The molecular weight excluding hydrogens is 360 g/mol. The maximum absolute atomic E-state index is 9.37. The van der Waals surface area contributed by atoms with Gasteiger partial charge in [-0.05, 0) is 0 Å². The van der Waals surface area contributed by atoms with Gasteiger partial charge in [-0.3, -0.25) is 20.5 Å². The first-order valence-corrected chi connectivity index (χ1v) is 7.87. The quantitative estimate of drug-likeness (QED) is 0.492. The van der Waals surface area contributed by atoms with E-state index in [1.165, 1.54) is 16.7 Å². The molecule has 0 bridgehead atoms. The van der Waals surface area contributed by atoms with Crippen LogP contribution < -0.4 is 0 Å². The van der Waals surface area contributed by atoms with Gasteiger partial charge in [-0.2, -0.15) is 11.1 Å². The van der Waals surface area contributed by atoms with Crippen LogP contribution in [0.15, 0.2) is 16.7 Å². The Labute approximate surface area is 165 Å². The van der Waals surface area contributed by atoms with Gasteiger partial charge in [-0.15, -0.1) is 6.92 Å². The molecular formula is C18H31O6Ti-. The zero-order valence-corrected chi connectivity index (χ0v) is 17.8. The molecule has 0 spiro atoms. The molecule has 0 aromatic rings. The van der Waals surface area contributed by atoms with E-state index in [0.29, 0.717) is 5.92 Å². The number of hydrogen-bond acceptors (Lipinski definition) is 3. The fourth-order valence-electron chi connectivity index (χ4n) is 1.16. The van der Waals surface area contributed by atoms with Gasteiger partial charge >= 0.3 is 17.9 Å². The van der Waals surface area contributed by atoms with Crippen molar-refractivity contribution >= 4 is 17.9 Å². The SMILES string of the molecule is CC1=[C-]C(C)C(C)=C1C.CCC(=O)O.CCC(=O)O.CCC(=O)O.[Ti]. The van der Waals surface area contributed by atoms with Crippen LogP contribution in [0, 0.1) is 12.0 Å². The van der Waals surface area contributed by atoms with Crippen LogP contribution in [0.4, 0.5) is 0 Å². The van der Waals surface area contributed by atoms with Gasteiger partial charge < -0.3 is 15.3 Å². The van der Waals surface area contributed by atoms with Crippen LogP contribution in [-0.2, 0) is 36.1 Å². The van der Waals surface area contributed by atoms with Crippen LogP contribution in [0.25, 0.3) is 0 Å². The smallest absolute Gasteiger partial charge is 0.303 e. The second-order valence-electron chi connectivity index (χ2n) is 5.04. The van der Waals surface area contributed by atoms with E-state index in [4.69, 9.17) is 15.3 Å². The Hall–Kier alpha value is -1.40. The Morgan fingerprint density at radius 2 is 1.08 bits per heavy atom. The number of carbonyl (C=O) groups is 3. The van der Waals surface area contributed by atoms with Gasteiger partial charge in [0.15, 0.2) is 0 Å². The van der Waals surface area contributed by atoms with Crippen molar-refractivity contribution < 1.29 is 51.4 Å². The molecule has 7 heteroatoms. The van der Waals surface area contributed by atoms with E-state index in [1.54, 1.807) is 20.8 Å². The van der Waals surface area contributed by atoms with Crippen LogP contribution in [0.3, 0.4) is 0 Å². The third kappa shape index (κ3) is 22.6. The standard InChI is InChI=1S/C9H13.3C3H6O2.Ti/c1-6-5-7(2)9(4)8(6)3;3*1-2-3(4)5;/h6H,1-4H3;3*2H2,1H3,(H,4,5);/q-1;;;;. The molecule has 3 N–H and O–H groups in total. The maximum atomic E-state index is 9.37. The second kappa shape index (κ2) is 18.9. The van der Waals surface area contributed by atoms with Gasteiger partial charge in [0.1, 0.15) is 0 Å². The molecule has 0 aromatic carbocycles. The summed E-state index contributed by atoms with van der Waals surface area (Å²) in [6, 6.07) is 0. The minimum absolute atomic E-state index is 0. The monoisotopic (exact) mass is 391 g/mol. The molecule has 1 aliphatic rings. The largest absolute Gasteiger partial charge is 0.481 e. The minimum atomic E-state index is -0.745. The van der Waals surface area contributed by atoms with Gasteiger partial charge in [-0.1, -0.05) is 47.5 Å². The average molecular weight is 391 g/mol. The van der Waals surface area contributed by atoms with Gasteiger partial charge in [-0.25, -0.2) is 5.57 Å². The van der Waals surface area contributed by atoms with E-state index in [2.05, 4.69) is 33.8 Å². The molecule has 1 rings (SSSR count). The fourth-order valence-corrected chi connectivity index (χ4v) is 1.16. The zero-order chi connectivity index (χ0) is 19.9. The molecule has 0 aromatic heterocycles. The van der Waals surface area contributed by atoms with Crippen molar-refractivity contribution in [3.05, 3.63) is 22.8 Å². The Morgan fingerprint density at radius 3 is 1.12 bits per heavy atom. The Kier molecular flexibility index (Phi) is 23.8. The Bertz CT molecular complexity index is 433. The van der Waals surface area contributed by atoms with Crippen LogP contribution >= 0.6 is 0 Å². The van der Waals surface area contributed by atoms with Crippen molar-refractivity contribution in [3.63, 3.8) is 0 Å². The minimum Gasteiger partial charge on any atom is -0.481 e. The normalized spacial score (nSPS) is 14.2. The van der Waals surface area contributed by atoms with Gasteiger partial charge in [0, 0.05) is 41.0 Å². The summed E-state index contributed by atoms with van der Waals surface area (Å²) >= 11 is 0. The van der Waals surface area contributed by atoms with E-state index in [0.717, 1.165) is 0 Å². The molecule has 6 nitrogen and oxygen atoms in total. The number of rotatable bonds is 3. The summed E-state index contributed by atoms with van der Waals surface area (Å²) in [5, 5.41) is 23.2. The molecule has 0 saturated carbocycles. The van der Waals surface area contributed by atoms with E-state index in [1.807, 2.05) is 0 Å². The molecule has 144 valence electrons. The molecule has 0 amide bonds. The van der Waals surface area contributed by atoms with Crippen molar-refractivity contribution in [1.82, 2.24) is 0 Å². The van der Waals surface area contributed by atoms with E-state index in [-0.39, 0.29) is 41.0 Å². The van der Waals surface area contributed by atoms with Crippen molar-refractivity contribution in [3.8, 4) is 0 Å². The van der Waals surface area contributed by atoms with E-state index in [9.17, 15) is 14.4 Å². The predicted molar refractivity (Wildman–Crippen MR) is 93.7 cm³/mol. The first kappa shape index (κ1) is 31.4. The predicted octanol–water partition coefficient (Wildman–Crippen LogP) is 4.16.